The molecule has 0 aromatic heterocycles. The fourth-order valence-corrected chi connectivity index (χ4v) is 1.91. The van der Waals surface area contributed by atoms with E-state index in [9.17, 15) is 14.0 Å². The van der Waals surface area contributed by atoms with Gasteiger partial charge in [-0.15, -0.1) is 0 Å². The highest BCUT2D eigenvalue weighted by molar-refractivity contribution is 5.91. The lowest BCUT2D eigenvalue weighted by atomic mass is 9.97. The van der Waals surface area contributed by atoms with Gasteiger partial charge in [-0.1, -0.05) is 26.0 Å². The topological polar surface area (TPSA) is 66.4 Å². The van der Waals surface area contributed by atoms with Crippen molar-refractivity contribution < 1.29 is 19.1 Å². The van der Waals surface area contributed by atoms with Crippen LogP contribution in [0.3, 0.4) is 0 Å². The first-order valence-corrected chi connectivity index (χ1v) is 6.82. The highest BCUT2D eigenvalue weighted by Gasteiger charge is 2.19. The van der Waals surface area contributed by atoms with Gasteiger partial charge in [0, 0.05) is 12.6 Å². The van der Waals surface area contributed by atoms with E-state index in [4.69, 9.17) is 5.11 Å². The second-order valence-electron chi connectivity index (χ2n) is 5.30. The Labute approximate surface area is 123 Å². The lowest BCUT2D eigenvalue weighted by molar-refractivity contribution is -0.142. The molecule has 0 heterocycles. The molecular weight excluding hydrogens is 273 g/mol. The molecule has 0 saturated carbocycles. The molecule has 1 amide bonds. The fraction of sp³-hybridized carbons (Fsp3) is 0.375. The van der Waals surface area contributed by atoms with Crippen molar-refractivity contribution in [3.8, 4) is 0 Å². The van der Waals surface area contributed by atoms with Gasteiger partial charge in [0.2, 0.25) is 5.91 Å². The first-order valence-electron chi connectivity index (χ1n) is 6.82. The number of nitrogens with one attached hydrogen (secondary N) is 1. The van der Waals surface area contributed by atoms with E-state index in [-0.39, 0.29) is 18.3 Å². The zero-order valence-corrected chi connectivity index (χ0v) is 12.2. The van der Waals surface area contributed by atoms with Gasteiger partial charge in [-0.3, -0.25) is 9.59 Å². The quantitative estimate of drug-likeness (QED) is 0.760. The summed E-state index contributed by atoms with van der Waals surface area (Å²) in [6, 6.07) is 5.85. The van der Waals surface area contributed by atoms with Gasteiger partial charge < -0.3 is 10.4 Å². The van der Waals surface area contributed by atoms with Crippen molar-refractivity contribution in [1.29, 1.82) is 0 Å². The summed E-state index contributed by atoms with van der Waals surface area (Å²) in [6.07, 6.45) is 3.25. The van der Waals surface area contributed by atoms with Gasteiger partial charge in [0.05, 0.1) is 5.92 Å². The van der Waals surface area contributed by atoms with E-state index in [0.29, 0.717) is 12.0 Å². The molecule has 1 unspecified atom stereocenters. The smallest absolute Gasteiger partial charge is 0.308 e. The second kappa shape index (κ2) is 8.19. The Morgan fingerprint density at radius 2 is 2.10 bits per heavy atom. The molecule has 0 saturated heterocycles. The molecule has 21 heavy (non-hydrogen) atoms. The van der Waals surface area contributed by atoms with Gasteiger partial charge in [0.25, 0.3) is 0 Å². The lowest BCUT2D eigenvalue weighted by Crippen LogP contribution is -2.32. The van der Waals surface area contributed by atoms with E-state index in [1.165, 1.54) is 24.3 Å². The number of carboxylic acids is 1. The molecule has 1 atom stereocenters. The SMILES string of the molecule is CC(C)CC(CNC(=O)/C=C/c1cccc(F)c1)C(=O)O. The van der Waals surface area contributed by atoms with Crippen LogP contribution >= 0.6 is 0 Å². The van der Waals surface area contributed by atoms with Crippen LogP contribution in [0.2, 0.25) is 0 Å². The summed E-state index contributed by atoms with van der Waals surface area (Å²) >= 11 is 0. The Morgan fingerprint density at radius 3 is 2.67 bits per heavy atom. The third kappa shape index (κ3) is 6.70. The molecule has 0 aliphatic carbocycles. The minimum Gasteiger partial charge on any atom is -0.481 e. The number of amides is 1. The normalized spacial score (nSPS) is 12.6. The molecule has 0 aliphatic heterocycles. The van der Waals surface area contributed by atoms with Crippen molar-refractivity contribution in [3.63, 3.8) is 0 Å². The van der Waals surface area contributed by atoms with E-state index in [2.05, 4.69) is 5.32 Å². The van der Waals surface area contributed by atoms with E-state index in [1.807, 2.05) is 13.8 Å². The Balaban J connectivity index is 2.51. The third-order valence-electron chi connectivity index (χ3n) is 2.90. The Morgan fingerprint density at radius 1 is 1.38 bits per heavy atom. The molecule has 1 aromatic rings. The maximum absolute atomic E-state index is 13.0. The van der Waals surface area contributed by atoms with E-state index in [0.717, 1.165) is 0 Å². The number of aliphatic carboxylic acids is 1. The molecule has 114 valence electrons. The standard InChI is InChI=1S/C16H20FNO3/c1-11(2)8-13(16(20)21)10-18-15(19)7-6-12-4-3-5-14(17)9-12/h3-7,9,11,13H,8,10H2,1-2H3,(H,18,19)(H,20,21)/b7-6+. The molecule has 5 heteroatoms. The Kier molecular flexibility index (Phi) is 6.59. The van der Waals surface area contributed by atoms with Crippen LogP contribution in [0.5, 0.6) is 0 Å². The summed E-state index contributed by atoms with van der Waals surface area (Å²) in [5.41, 5.74) is 0.571. The number of carbonyl (C=O) groups is 2. The van der Waals surface area contributed by atoms with Crippen molar-refractivity contribution in [2.45, 2.75) is 20.3 Å². The van der Waals surface area contributed by atoms with Crippen LogP contribution in [-0.4, -0.2) is 23.5 Å². The van der Waals surface area contributed by atoms with Crippen molar-refractivity contribution in [2.75, 3.05) is 6.54 Å². The van der Waals surface area contributed by atoms with Crippen molar-refractivity contribution in [3.05, 3.63) is 41.7 Å². The highest BCUT2D eigenvalue weighted by Crippen LogP contribution is 2.11. The summed E-state index contributed by atoms with van der Waals surface area (Å²) in [4.78, 5) is 22.7. The van der Waals surface area contributed by atoms with E-state index < -0.39 is 17.8 Å². The van der Waals surface area contributed by atoms with Crippen LogP contribution in [0.1, 0.15) is 25.8 Å². The first kappa shape index (κ1) is 16.9. The zero-order valence-electron chi connectivity index (χ0n) is 12.2. The van der Waals surface area contributed by atoms with Gasteiger partial charge in [0.1, 0.15) is 5.82 Å². The molecule has 0 aliphatic rings. The van der Waals surface area contributed by atoms with Gasteiger partial charge in [-0.2, -0.15) is 0 Å². The number of benzene rings is 1. The van der Waals surface area contributed by atoms with Crippen LogP contribution in [0, 0.1) is 17.7 Å². The molecule has 2 N–H and O–H groups in total. The minimum atomic E-state index is -0.918. The molecule has 1 aromatic carbocycles. The third-order valence-corrected chi connectivity index (χ3v) is 2.90. The van der Waals surface area contributed by atoms with Crippen LogP contribution in [0.25, 0.3) is 6.08 Å². The van der Waals surface area contributed by atoms with Crippen LogP contribution in [0.15, 0.2) is 30.3 Å². The summed E-state index contributed by atoms with van der Waals surface area (Å²) < 4.78 is 13.0. The number of rotatable bonds is 7. The van der Waals surface area contributed by atoms with E-state index in [1.54, 1.807) is 12.1 Å². The predicted molar refractivity (Wildman–Crippen MR) is 79.0 cm³/mol. The summed E-state index contributed by atoms with van der Waals surface area (Å²) in [5, 5.41) is 11.6. The monoisotopic (exact) mass is 293 g/mol. The highest BCUT2D eigenvalue weighted by atomic mass is 19.1. The summed E-state index contributed by atoms with van der Waals surface area (Å²) in [5.74, 6) is -2.05. The molecule has 4 nitrogen and oxygen atoms in total. The fourth-order valence-electron chi connectivity index (χ4n) is 1.91. The van der Waals surface area contributed by atoms with Crippen molar-refractivity contribution >= 4 is 18.0 Å². The average molecular weight is 293 g/mol. The van der Waals surface area contributed by atoms with Crippen LogP contribution < -0.4 is 5.32 Å². The summed E-state index contributed by atoms with van der Waals surface area (Å²) in [7, 11) is 0. The largest absolute Gasteiger partial charge is 0.481 e. The Hall–Kier alpha value is -2.17. The average Bonchev–Trinajstić information content (AvgIpc) is 2.40. The first-order chi connectivity index (χ1) is 9.88. The van der Waals surface area contributed by atoms with Gasteiger partial charge >= 0.3 is 5.97 Å². The molecule has 0 radical (unpaired) electrons. The molecular formula is C16H20FNO3. The van der Waals surface area contributed by atoms with Crippen LogP contribution in [0.4, 0.5) is 4.39 Å². The molecule has 0 fully saturated rings. The second-order valence-corrected chi connectivity index (χ2v) is 5.30. The maximum Gasteiger partial charge on any atom is 0.308 e. The maximum atomic E-state index is 13.0. The molecule has 1 rings (SSSR count). The molecule has 0 bridgehead atoms. The number of halogens is 1. The number of hydrogen-bond donors (Lipinski definition) is 2. The number of hydrogen-bond acceptors (Lipinski definition) is 2. The zero-order chi connectivity index (χ0) is 15.8. The van der Waals surface area contributed by atoms with Crippen molar-refractivity contribution in [2.24, 2.45) is 11.8 Å². The lowest BCUT2D eigenvalue weighted by Gasteiger charge is -2.14. The van der Waals surface area contributed by atoms with E-state index >= 15 is 0 Å². The summed E-state index contributed by atoms with van der Waals surface area (Å²) in [6.45, 7) is 3.95. The van der Waals surface area contributed by atoms with Gasteiger partial charge in [-0.05, 0) is 36.1 Å². The predicted octanol–water partition coefficient (Wildman–Crippen LogP) is 2.70. The van der Waals surface area contributed by atoms with Crippen LogP contribution in [-0.2, 0) is 9.59 Å². The number of carbonyl (C=O) groups excluding carboxylic acids is 1. The Bertz CT molecular complexity index is 526. The van der Waals surface area contributed by atoms with Gasteiger partial charge in [0.15, 0.2) is 0 Å². The van der Waals surface area contributed by atoms with Crippen molar-refractivity contribution in [1.82, 2.24) is 5.32 Å². The number of carboxylic acid groups (broad SMARTS) is 1. The minimum absolute atomic E-state index is 0.0832. The van der Waals surface area contributed by atoms with Gasteiger partial charge in [-0.25, -0.2) is 4.39 Å². The molecule has 0 spiro atoms.